The van der Waals surface area contributed by atoms with E-state index in [2.05, 4.69) is 4.90 Å². The van der Waals surface area contributed by atoms with Gasteiger partial charge in [-0.3, -0.25) is 9.69 Å². The van der Waals surface area contributed by atoms with E-state index in [1.54, 1.807) is 0 Å². The summed E-state index contributed by atoms with van der Waals surface area (Å²) < 4.78 is 10.6. The molecule has 1 aliphatic carbocycles. The predicted octanol–water partition coefficient (Wildman–Crippen LogP) is 1.97. The van der Waals surface area contributed by atoms with Gasteiger partial charge in [0.2, 0.25) is 0 Å². The van der Waals surface area contributed by atoms with E-state index >= 15 is 0 Å². The van der Waals surface area contributed by atoms with Gasteiger partial charge in [0.25, 0.3) is 0 Å². The monoisotopic (exact) mass is 255 g/mol. The van der Waals surface area contributed by atoms with Gasteiger partial charge < -0.3 is 9.47 Å². The molecule has 0 N–H and O–H groups in total. The fraction of sp³-hybridized carbons (Fsp3) is 0.929. The number of hydrogen-bond acceptors (Lipinski definition) is 4. The molecule has 2 fully saturated rings. The van der Waals surface area contributed by atoms with Crippen LogP contribution in [0.4, 0.5) is 0 Å². The van der Waals surface area contributed by atoms with Crippen LogP contribution in [0.25, 0.3) is 0 Å². The number of carbonyl (C=O) groups is 1. The molecule has 2 aliphatic rings. The summed E-state index contributed by atoms with van der Waals surface area (Å²) >= 11 is 0. The second kappa shape index (κ2) is 7.10. The lowest BCUT2D eigenvalue weighted by Gasteiger charge is -2.33. The number of ether oxygens (including phenoxy) is 2. The highest BCUT2D eigenvalue weighted by Gasteiger charge is 2.27. The standard InChI is InChI=1S/C14H25NO3/c1-17-14(16)11-15(12-6-2-3-7-12)10-13-8-4-5-9-18-13/h12-13H,2-11H2,1H3/t13-/m0/s1. The normalized spacial score (nSPS) is 25.6. The third-order valence-electron chi connectivity index (χ3n) is 4.11. The van der Waals surface area contributed by atoms with Crippen molar-refractivity contribution in [1.29, 1.82) is 0 Å². The molecule has 0 aromatic heterocycles. The van der Waals surface area contributed by atoms with Crippen molar-refractivity contribution < 1.29 is 14.3 Å². The first-order valence-corrected chi connectivity index (χ1v) is 7.22. The van der Waals surface area contributed by atoms with E-state index in [9.17, 15) is 4.79 Å². The van der Waals surface area contributed by atoms with E-state index in [1.807, 2.05) is 0 Å². The van der Waals surface area contributed by atoms with Crippen LogP contribution < -0.4 is 0 Å². The molecule has 18 heavy (non-hydrogen) atoms. The number of hydrogen-bond donors (Lipinski definition) is 0. The van der Waals surface area contributed by atoms with Gasteiger partial charge in [0.15, 0.2) is 0 Å². The van der Waals surface area contributed by atoms with Gasteiger partial charge in [-0.2, -0.15) is 0 Å². The zero-order valence-corrected chi connectivity index (χ0v) is 11.4. The first kappa shape index (κ1) is 13.8. The van der Waals surface area contributed by atoms with Gasteiger partial charge in [0, 0.05) is 19.2 Å². The van der Waals surface area contributed by atoms with Gasteiger partial charge in [0.1, 0.15) is 0 Å². The highest BCUT2D eigenvalue weighted by molar-refractivity contribution is 5.71. The van der Waals surface area contributed by atoms with Crippen molar-refractivity contribution in [3.63, 3.8) is 0 Å². The van der Waals surface area contributed by atoms with Crippen LogP contribution in [0.15, 0.2) is 0 Å². The number of methoxy groups -OCH3 is 1. The molecule has 1 saturated heterocycles. The van der Waals surface area contributed by atoms with Crippen LogP contribution in [0.1, 0.15) is 44.9 Å². The molecular formula is C14H25NO3. The molecular weight excluding hydrogens is 230 g/mol. The van der Waals surface area contributed by atoms with Crippen molar-refractivity contribution in [2.75, 3.05) is 26.8 Å². The zero-order chi connectivity index (χ0) is 12.8. The first-order valence-electron chi connectivity index (χ1n) is 7.22. The molecule has 0 bridgehead atoms. The van der Waals surface area contributed by atoms with Gasteiger partial charge in [-0.05, 0) is 32.1 Å². The van der Waals surface area contributed by atoms with Crippen LogP contribution >= 0.6 is 0 Å². The minimum atomic E-state index is -0.127. The molecule has 4 heteroatoms. The van der Waals surface area contributed by atoms with E-state index in [-0.39, 0.29) is 5.97 Å². The molecule has 1 heterocycles. The van der Waals surface area contributed by atoms with Gasteiger partial charge in [-0.25, -0.2) is 0 Å². The van der Waals surface area contributed by atoms with Crippen LogP contribution in [0.3, 0.4) is 0 Å². The number of esters is 1. The average Bonchev–Trinajstić information content (AvgIpc) is 2.93. The third-order valence-corrected chi connectivity index (χ3v) is 4.11. The van der Waals surface area contributed by atoms with Gasteiger partial charge in [-0.1, -0.05) is 12.8 Å². The highest BCUT2D eigenvalue weighted by atomic mass is 16.5. The summed E-state index contributed by atoms with van der Waals surface area (Å²) in [5, 5.41) is 0. The molecule has 0 spiro atoms. The van der Waals surface area contributed by atoms with Crippen molar-refractivity contribution in [2.45, 2.75) is 57.1 Å². The minimum Gasteiger partial charge on any atom is -0.468 e. The maximum absolute atomic E-state index is 11.5. The van der Waals surface area contributed by atoms with E-state index in [0.29, 0.717) is 18.7 Å². The maximum Gasteiger partial charge on any atom is 0.319 e. The molecule has 0 amide bonds. The fourth-order valence-electron chi connectivity index (χ4n) is 3.06. The lowest BCUT2D eigenvalue weighted by atomic mass is 10.1. The van der Waals surface area contributed by atoms with E-state index < -0.39 is 0 Å². The molecule has 104 valence electrons. The second-order valence-corrected chi connectivity index (χ2v) is 5.43. The third kappa shape index (κ3) is 3.95. The maximum atomic E-state index is 11.5. The Balaban J connectivity index is 1.87. The SMILES string of the molecule is COC(=O)CN(C[C@@H]1CCCCO1)C1CCCC1. The summed E-state index contributed by atoms with van der Waals surface area (Å²) in [5.74, 6) is -0.127. The van der Waals surface area contributed by atoms with Crippen LogP contribution in [0.2, 0.25) is 0 Å². The van der Waals surface area contributed by atoms with Crippen molar-refractivity contribution in [2.24, 2.45) is 0 Å². The lowest BCUT2D eigenvalue weighted by Crippen LogP contribution is -2.44. The molecule has 0 radical (unpaired) electrons. The summed E-state index contributed by atoms with van der Waals surface area (Å²) in [4.78, 5) is 13.8. The molecule has 2 rings (SSSR count). The van der Waals surface area contributed by atoms with Crippen LogP contribution in [0, 0.1) is 0 Å². The number of carbonyl (C=O) groups excluding carboxylic acids is 1. The fourth-order valence-corrected chi connectivity index (χ4v) is 3.06. The van der Waals surface area contributed by atoms with E-state index in [4.69, 9.17) is 9.47 Å². The first-order chi connectivity index (χ1) is 8.79. The summed E-state index contributed by atoms with van der Waals surface area (Å²) in [6.45, 7) is 2.18. The Kier molecular flexibility index (Phi) is 5.45. The molecule has 4 nitrogen and oxygen atoms in total. The molecule has 0 unspecified atom stereocenters. The second-order valence-electron chi connectivity index (χ2n) is 5.43. The smallest absolute Gasteiger partial charge is 0.319 e. The summed E-state index contributed by atoms with van der Waals surface area (Å²) in [6, 6.07) is 0.551. The minimum absolute atomic E-state index is 0.127. The Morgan fingerprint density at radius 1 is 1.22 bits per heavy atom. The van der Waals surface area contributed by atoms with Crippen molar-refractivity contribution in [1.82, 2.24) is 4.90 Å². The molecule has 0 aromatic carbocycles. The highest BCUT2D eigenvalue weighted by Crippen LogP contribution is 2.25. The van der Waals surface area contributed by atoms with Gasteiger partial charge >= 0.3 is 5.97 Å². The van der Waals surface area contributed by atoms with Gasteiger partial charge in [0.05, 0.1) is 19.8 Å². The van der Waals surface area contributed by atoms with Crippen molar-refractivity contribution in [3.8, 4) is 0 Å². The van der Waals surface area contributed by atoms with E-state index in [1.165, 1.54) is 45.6 Å². The Hall–Kier alpha value is -0.610. The quantitative estimate of drug-likeness (QED) is 0.704. The zero-order valence-electron chi connectivity index (χ0n) is 11.4. The molecule has 1 aliphatic heterocycles. The Morgan fingerprint density at radius 2 is 1.94 bits per heavy atom. The van der Waals surface area contributed by atoms with Crippen LogP contribution in [-0.2, 0) is 14.3 Å². The number of nitrogens with zero attached hydrogens (tertiary/aromatic N) is 1. The summed E-state index contributed by atoms with van der Waals surface area (Å²) in [5.41, 5.74) is 0. The Morgan fingerprint density at radius 3 is 2.56 bits per heavy atom. The summed E-state index contributed by atoms with van der Waals surface area (Å²) in [6.07, 6.45) is 8.86. The molecule has 0 aromatic rings. The largest absolute Gasteiger partial charge is 0.468 e. The topological polar surface area (TPSA) is 38.8 Å². The molecule has 1 saturated carbocycles. The lowest BCUT2D eigenvalue weighted by molar-refractivity contribution is -0.143. The number of rotatable bonds is 5. The van der Waals surface area contributed by atoms with Crippen molar-refractivity contribution >= 4 is 5.97 Å². The average molecular weight is 255 g/mol. The Bertz CT molecular complexity index is 258. The predicted molar refractivity (Wildman–Crippen MR) is 69.4 cm³/mol. The van der Waals surface area contributed by atoms with Crippen molar-refractivity contribution in [3.05, 3.63) is 0 Å². The molecule has 1 atom stereocenters. The van der Waals surface area contributed by atoms with Gasteiger partial charge in [-0.15, -0.1) is 0 Å². The van der Waals surface area contributed by atoms with E-state index in [0.717, 1.165) is 19.6 Å². The van der Waals surface area contributed by atoms with Crippen LogP contribution in [-0.4, -0.2) is 49.8 Å². The summed E-state index contributed by atoms with van der Waals surface area (Å²) in [7, 11) is 1.46. The Labute approximate surface area is 110 Å². The van der Waals surface area contributed by atoms with Crippen LogP contribution in [0.5, 0.6) is 0 Å².